The lowest BCUT2D eigenvalue weighted by Gasteiger charge is -2.32. The number of ether oxygens (including phenoxy) is 1. The molecule has 1 unspecified atom stereocenters. The molecule has 3 heterocycles. The Morgan fingerprint density at radius 2 is 2.04 bits per heavy atom. The van der Waals surface area contributed by atoms with E-state index >= 15 is 0 Å². The second-order valence-electron chi connectivity index (χ2n) is 8.34. The minimum atomic E-state index is -4.38. The van der Waals surface area contributed by atoms with Gasteiger partial charge in [0.15, 0.2) is 0 Å². The fourth-order valence-electron chi connectivity index (χ4n) is 3.91. The first-order chi connectivity index (χ1) is 13.2. The number of nitrogens with zero attached hydrogens (tertiary/aromatic N) is 2. The van der Waals surface area contributed by atoms with Crippen molar-refractivity contribution in [2.24, 2.45) is 11.3 Å². The maximum atomic E-state index is 12.6. The van der Waals surface area contributed by atoms with Crippen molar-refractivity contribution < 1.29 is 22.7 Å². The number of anilines is 1. The molecule has 3 rings (SSSR count). The summed E-state index contributed by atoms with van der Waals surface area (Å²) in [4.78, 5) is 18.3. The second-order valence-corrected chi connectivity index (χ2v) is 8.34. The Morgan fingerprint density at radius 3 is 2.57 bits per heavy atom. The third-order valence-electron chi connectivity index (χ3n) is 5.91. The minimum Gasteiger partial charge on any atom is -0.378 e. The maximum absolute atomic E-state index is 12.6. The third-order valence-corrected chi connectivity index (χ3v) is 5.91. The first kappa shape index (κ1) is 20.9. The number of alkyl halides is 3. The number of halogens is 3. The van der Waals surface area contributed by atoms with Crippen molar-refractivity contribution in [1.82, 2.24) is 10.3 Å². The van der Waals surface area contributed by atoms with Gasteiger partial charge in [-0.1, -0.05) is 13.8 Å². The van der Waals surface area contributed by atoms with Crippen LogP contribution in [0.1, 0.15) is 45.1 Å². The van der Waals surface area contributed by atoms with E-state index in [2.05, 4.69) is 24.1 Å². The fourth-order valence-corrected chi connectivity index (χ4v) is 3.91. The SMILES string of the molecule is CC1(C)CCOC1CCNC(=O)C1CCN(c2ccc(C(F)(F)F)cn2)CC1. The number of piperidine rings is 1. The number of nitrogens with one attached hydrogen (secondary N) is 1. The van der Waals surface area contributed by atoms with Crippen molar-refractivity contribution >= 4 is 11.7 Å². The highest BCUT2D eigenvalue weighted by Crippen LogP contribution is 2.35. The monoisotopic (exact) mass is 399 g/mol. The molecule has 5 nitrogen and oxygen atoms in total. The summed E-state index contributed by atoms with van der Waals surface area (Å²) in [7, 11) is 0. The van der Waals surface area contributed by atoms with Gasteiger partial charge in [0.1, 0.15) is 5.82 Å². The van der Waals surface area contributed by atoms with Crippen LogP contribution in [-0.4, -0.2) is 43.2 Å². The number of hydrogen-bond acceptors (Lipinski definition) is 4. The van der Waals surface area contributed by atoms with Crippen LogP contribution in [0.25, 0.3) is 0 Å². The summed E-state index contributed by atoms with van der Waals surface area (Å²) in [5, 5.41) is 3.02. The molecule has 8 heteroatoms. The number of amides is 1. The van der Waals surface area contributed by atoms with E-state index in [9.17, 15) is 18.0 Å². The first-order valence-electron chi connectivity index (χ1n) is 9.84. The van der Waals surface area contributed by atoms with E-state index in [1.165, 1.54) is 6.07 Å². The quantitative estimate of drug-likeness (QED) is 0.822. The molecule has 0 saturated carbocycles. The predicted octanol–water partition coefficient (Wildman–Crippen LogP) is 3.64. The molecule has 1 atom stereocenters. The Morgan fingerprint density at radius 1 is 1.32 bits per heavy atom. The van der Waals surface area contributed by atoms with E-state index in [0.717, 1.165) is 31.7 Å². The van der Waals surface area contributed by atoms with Crippen LogP contribution in [0.15, 0.2) is 18.3 Å². The summed E-state index contributed by atoms with van der Waals surface area (Å²) in [6, 6.07) is 2.44. The van der Waals surface area contributed by atoms with E-state index in [0.29, 0.717) is 38.3 Å². The van der Waals surface area contributed by atoms with Gasteiger partial charge in [-0.2, -0.15) is 13.2 Å². The molecule has 0 aliphatic carbocycles. The number of pyridine rings is 1. The van der Waals surface area contributed by atoms with Crippen molar-refractivity contribution in [1.29, 1.82) is 0 Å². The van der Waals surface area contributed by atoms with Crippen LogP contribution in [0.5, 0.6) is 0 Å². The summed E-state index contributed by atoms with van der Waals surface area (Å²) >= 11 is 0. The van der Waals surface area contributed by atoms with Gasteiger partial charge in [-0.25, -0.2) is 4.98 Å². The smallest absolute Gasteiger partial charge is 0.378 e. The number of carbonyl (C=O) groups excluding carboxylic acids is 1. The van der Waals surface area contributed by atoms with Gasteiger partial charge in [-0.05, 0) is 43.2 Å². The van der Waals surface area contributed by atoms with E-state index in [1.54, 1.807) is 0 Å². The van der Waals surface area contributed by atoms with E-state index < -0.39 is 11.7 Å². The van der Waals surface area contributed by atoms with E-state index in [-0.39, 0.29) is 23.3 Å². The van der Waals surface area contributed by atoms with Crippen molar-refractivity contribution in [2.45, 2.75) is 51.8 Å². The number of aromatic nitrogens is 1. The highest BCUT2D eigenvalue weighted by atomic mass is 19.4. The van der Waals surface area contributed by atoms with Crippen LogP contribution in [0.2, 0.25) is 0 Å². The molecule has 0 aromatic carbocycles. The summed E-state index contributed by atoms with van der Waals surface area (Å²) in [6.07, 6.45) is -0.147. The fraction of sp³-hybridized carbons (Fsp3) is 0.700. The summed E-state index contributed by atoms with van der Waals surface area (Å²) in [5.74, 6) is 0.506. The Hall–Kier alpha value is -1.83. The third kappa shape index (κ3) is 4.96. The van der Waals surface area contributed by atoms with Gasteiger partial charge in [0, 0.05) is 38.4 Å². The van der Waals surface area contributed by atoms with Crippen LogP contribution in [0.3, 0.4) is 0 Å². The van der Waals surface area contributed by atoms with Crippen LogP contribution < -0.4 is 10.2 Å². The number of carbonyl (C=O) groups is 1. The summed E-state index contributed by atoms with van der Waals surface area (Å²) in [6.45, 7) is 6.98. The van der Waals surface area contributed by atoms with Gasteiger partial charge in [0.2, 0.25) is 5.91 Å². The molecule has 2 aliphatic rings. The van der Waals surface area contributed by atoms with Gasteiger partial charge in [-0.3, -0.25) is 4.79 Å². The van der Waals surface area contributed by atoms with Gasteiger partial charge in [0.05, 0.1) is 11.7 Å². The highest BCUT2D eigenvalue weighted by molar-refractivity contribution is 5.78. The molecule has 2 saturated heterocycles. The lowest BCUT2D eigenvalue weighted by Crippen LogP contribution is -2.41. The molecular weight excluding hydrogens is 371 g/mol. The molecule has 1 aromatic rings. The van der Waals surface area contributed by atoms with Gasteiger partial charge >= 0.3 is 6.18 Å². The van der Waals surface area contributed by atoms with E-state index in [1.807, 2.05) is 4.90 Å². The molecule has 1 amide bonds. The molecule has 1 aromatic heterocycles. The van der Waals surface area contributed by atoms with Crippen molar-refractivity contribution in [3.05, 3.63) is 23.9 Å². The summed E-state index contributed by atoms with van der Waals surface area (Å²) in [5.41, 5.74) is -0.593. The molecule has 2 aliphatic heterocycles. The average Bonchev–Trinajstić information content (AvgIpc) is 2.99. The maximum Gasteiger partial charge on any atom is 0.417 e. The molecule has 2 fully saturated rings. The molecule has 156 valence electrons. The van der Waals surface area contributed by atoms with Crippen LogP contribution >= 0.6 is 0 Å². The number of rotatable bonds is 5. The van der Waals surface area contributed by atoms with Crippen molar-refractivity contribution in [3.63, 3.8) is 0 Å². The molecule has 0 bridgehead atoms. The summed E-state index contributed by atoms with van der Waals surface area (Å²) < 4.78 is 43.7. The van der Waals surface area contributed by atoms with Gasteiger partial charge < -0.3 is 15.0 Å². The van der Waals surface area contributed by atoms with Crippen molar-refractivity contribution in [2.75, 3.05) is 31.1 Å². The van der Waals surface area contributed by atoms with Crippen molar-refractivity contribution in [3.8, 4) is 0 Å². The van der Waals surface area contributed by atoms with Crippen LogP contribution in [-0.2, 0) is 15.7 Å². The Balaban J connectivity index is 1.42. The zero-order chi connectivity index (χ0) is 20.4. The standard InChI is InChI=1S/C20H28F3N3O2/c1-19(2)8-12-28-16(19)5-9-24-18(27)14-6-10-26(11-7-14)17-4-3-15(13-25-17)20(21,22)23/h3-4,13-14,16H,5-12H2,1-2H3,(H,24,27). The normalized spacial score (nSPS) is 23.0. The largest absolute Gasteiger partial charge is 0.417 e. The highest BCUT2D eigenvalue weighted by Gasteiger charge is 2.35. The van der Waals surface area contributed by atoms with Crippen LogP contribution in [0, 0.1) is 11.3 Å². The molecule has 0 radical (unpaired) electrons. The predicted molar refractivity (Wildman–Crippen MR) is 99.9 cm³/mol. The average molecular weight is 399 g/mol. The Labute approximate surface area is 163 Å². The Kier molecular flexibility index (Phi) is 6.17. The molecule has 28 heavy (non-hydrogen) atoms. The zero-order valence-electron chi connectivity index (χ0n) is 16.4. The topological polar surface area (TPSA) is 54.5 Å². The molecule has 1 N–H and O–H groups in total. The Bertz CT molecular complexity index is 668. The minimum absolute atomic E-state index is 0.0517. The van der Waals surface area contributed by atoms with Gasteiger partial charge in [0.25, 0.3) is 0 Å². The lowest BCUT2D eigenvalue weighted by molar-refractivity contribution is -0.137. The first-order valence-corrected chi connectivity index (χ1v) is 9.84. The zero-order valence-corrected chi connectivity index (χ0v) is 16.4. The van der Waals surface area contributed by atoms with Crippen LogP contribution in [0.4, 0.5) is 19.0 Å². The molecule has 0 spiro atoms. The lowest BCUT2D eigenvalue weighted by atomic mass is 9.84. The number of hydrogen-bond donors (Lipinski definition) is 1. The second kappa shape index (κ2) is 8.27. The van der Waals surface area contributed by atoms with E-state index in [4.69, 9.17) is 4.74 Å². The molecular formula is C20H28F3N3O2. The van der Waals surface area contributed by atoms with Gasteiger partial charge in [-0.15, -0.1) is 0 Å².